The molecule has 1 aromatic carbocycles. The molecule has 0 aliphatic rings. The minimum absolute atomic E-state index is 0.368. The van der Waals surface area contributed by atoms with E-state index in [0.717, 1.165) is 12.0 Å². The van der Waals surface area contributed by atoms with Crippen molar-refractivity contribution in [3.63, 3.8) is 0 Å². The van der Waals surface area contributed by atoms with Crippen LogP contribution in [0.15, 0.2) is 24.3 Å². The van der Waals surface area contributed by atoms with Crippen molar-refractivity contribution < 1.29 is 9.59 Å². The second-order valence-corrected chi connectivity index (χ2v) is 3.40. The van der Waals surface area contributed by atoms with Gasteiger partial charge >= 0.3 is 0 Å². The number of rotatable bonds is 4. The fourth-order valence-corrected chi connectivity index (χ4v) is 1.20. The zero-order valence-electron chi connectivity index (χ0n) is 8.81. The number of anilines is 1. The summed E-state index contributed by atoms with van der Waals surface area (Å²) in [6.07, 6.45) is 0.779. The molecular formula is C11H14N2O2. The van der Waals surface area contributed by atoms with Gasteiger partial charge < -0.3 is 10.6 Å². The van der Waals surface area contributed by atoms with E-state index in [1.165, 1.54) is 0 Å². The highest BCUT2D eigenvalue weighted by Gasteiger charge is 2.14. The molecule has 0 spiro atoms. The first-order chi connectivity index (χ1) is 7.06. The second-order valence-electron chi connectivity index (χ2n) is 3.40. The van der Waals surface area contributed by atoms with Gasteiger partial charge in [0.05, 0.1) is 0 Å². The Morgan fingerprint density at radius 2 is 1.93 bits per heavy atom. The number of likely N-dealkylation sites (N-methyl/N-ethyl adjacent to an activating group) is 1. The maximum Gasteiger partial charge on any atom is 0.239 e. The second kappa shape index (κ2) is 4.59. The van der Waals surface area contributed by atoms with E-state index in [4.69, 9.17) is 5.73 Å². The van der Waals surface area contributed by atoms with Crippen LogP contribution in [-0.2, 0) is 4.79 Å². The molecule has 4 heteroatoms. The largest absolute Gasteiger partial charge is 0.368 e. The van der Waals surface area contributed by atoms with E-state index in [1.54, 1.807) is 43.1 Å². The number of carbonyl (C=O) groups is 2. The summed E-state index contributed by atoms with van der Waals surface area (Å²) in [5.74, 6) is -0.378. The van der Waals surface area contributed by atoms with E-state index < -0.39 is 0 Å². The number of nitrogens with two attached hydrogens (primary N) is 1. The number of hydrogen-bond acceptors (Lipinski definition) is 3. The molecule has 1 atom stereocenters. The van der Waals surface area contributed by atoms with Gasteiger partial charge in [0.15, 0.2) is 0 Å². The van der Waals surface area contributed by atoms with Crippen molar-refractivity contribution in [1.29, 1.82) is 0 Å². The van der Waals surface area contributed by atoms with Crippen molar-refractivity contribution in [2.24, 2.45) is 5.73 Å². The molecule has 0 heterocycles. The third kappa shape index (κ3) is 2.56. The molecule has 0 bridgehead atoms. The van der Waals surface area contributed by atoms with Crippen molar-refractivity contribution in [1.82, 2.24) is 0 Å². The third-order valence-electron chi connectivity index (χ3n) is 2.43. The van der Waals surface area contributed by atoms with Gasteiger partial charge in [0.25, 0.3) is 0 Å². The Hall–Kier alpha value is -1.84. The van der Waals surface area contributed by atoms with Crippen LogP contribution in [0.1, 0.15) is 17.3 Å². The smallest absolute Gasteiger partial charge is 0.239 e. The number of primary amides is 1. The Morgan fingerprint density at radius 1 is 1.40 bits per heavy atom. The summed E-state index contributed by atoms with van der Waals surface area (Å²) in [4.78, 5) is 23.2. The van der Waals surface area contributed by atoms with E-state index in [9.17, 15) is 9.59 Å². The summed E-state index contributed by atoms with van der Waals surface area (Å²) in [6, 6.07) is 6.60. The number of carbonyl (C=O) groups excluding carboxylic acids is 2. The first kappa shape index (κ1) is 11.2. The van der Waals surface area contributed by atoms with Crippen molar-refractivity contribution >= 4 is 17.9 Å². The Balaban J connectivity index is 2.86. The lowest BCUT2D eigenvalue weighted by Crippen LogP contribution is -2.40. The zero-order valence-corrected chi connectivity index (χ0v) is 8.81. The van der Waals surface area contributed by atoms with Crippen molar-refractivity contribution in [2.75, 3.05) is 11.9 Å². The van der Waals surface area contributed by atoms with Crippen LogP contribution >= 0.6 is 0 Å². The van der Waals surface area contributed by atoms with Gasteiger partial charge in [-0.1, -0.05) is 0 Å². The Labute approximate surface area is 88.7 Å². The predicted octanol–water partition coefficient (Wildman–Crippen LogP) is 0.809. The quantitative estimate of drug-likeness (QED) is 0.741. The molecule has 0 fully saturated rings. The fraction of sp³-hybridized carbons (Fsp3) is 0.273. The molecule has 0 saturated heterocycles. The van der Waals surface area contributed by atoms with Crippen LogP contribution in [0.5, 0.6) is 0 Å². The lowest BCUT2D eigenvalue weighted by Gasteiger charge is -2.24. The highest BCUT2D eigenvalue weighted by molar-refractivity contribution is 5.83. The summed E-state index contributed by atoms with van der Waals surface area (Å²) >= 11 is 0. The average Bonchev–Trinajstić information content (AvgIpc) is 2.27. The van der Waals surface area contributed by atoms with E-state index in [-0.39, 0.29) is 11.9 Å². The van der Waals surface area contributed by atoms with E-state index in [0.29, 0.717) is 5.56 Å². The van der Waals surface area contributed by atoms with Gasteiger partial charge in [-0.3, -0.25) is 9.59 Å². The summed E-state index contributed by atoms with van der Waals surface area (Å²) in [5.41, 5.74) is 6.66. The number of amides is 1. The molecule has 15 heavy (non-hydrogen) atoms. The van der Waals surface area contributed by atoms with Gasteiger partial charge in [0.1, 0.15) is 12.3 Å². The standard InChI is InChI=1S/C11H14N2O2/c1-8(11(12)15)13(2)10-5-3-9(7-14)4-6-10/h3-8H,1-2H3,(H2,12,15). The number of nitrogens with zero attached hydrogens (tertiary/aromatic N) is 1. The molecule has 1 aromatic rings. The summed E-state index contributed by atoms with van der Waals surface area (Å²) < 4.78 is 0. The minimum Gasteiger partial charge on any atom is -0.368 e. The highest BCUT2D eigenvalue weighted by Crippen LogP contribution is 2.15. The summed E-state index contributed by atoms with van der Waals surface area (Å²) in [5, 5.41) is 0. The SMILES string of the molecule is CC(C(N)=O)N(C)c1ccc(C=O)cc1. The van der Waals surface area contributed by atoms with Crippen molar-refractivity contribution in [2.45, 2.75) is 13.0 Å². The third-order valence-corrected chi connectivity index (χ3v) is 2.43. The zero-order chi connectivity index (χ0) is 11.4. The van der Waals surface area contributed by atoms with Crippen molar-refractivity contribution in [3.05, 3.63) is 29.8 Å². The molecule has 0 saturated carbocycles. The summed E-state index contributed by atoms with van der Waals surface area (Å²) in [7, 11) is 1.78. The van der Waals surface area contributed by atoms with Gasteiger partial charge in [0, 0.05) is 18.3 Å². The van der Waals surface area contributed by atoms with Crippen LogP contribution in [0.4, 0.5) is 5.69 Å². The maximum absolute atomic E-state index is 11.0. The molecule has 4 nitrogen and oxygen atoms in total. The molecule has 1 unspecified atom stereocenters. The van der Waals surface area contributed by atoms with E-state index >= 15 is 0 Å². The number of hydrogen-bond donors (Lipinski definition) is 1. The molecule has 0 radical (unpaired) electrons. The van der Waals surface area contributed by atoms with Gasteiger partial charge in [-0.15, -0.1) is 0 Å². The lowest BCUT2D eigenvalue weighted by atomic mass is 10.2. The van der Waals surface area contributed by atoms with Gasteiger partial charge in [-0.05, 0) is 31.2 Å². The van der Waals surface area contributed by atoms with Crippen LogP contribution < -0.4 is 10.6 Å². The van der Waals surface area contributed by atoms with Crippen molar-refractivity contribution in [3.8, 4) is 0 Å². The molecule has 1 rings (SSSR count). The normalized spacial score (nSPS) is 11.9. The van der Waals surface area contributed by atoms with E-state index in [1.807, 2.05) is 0 Å². The van der Waals surface area contributed by atoms with Crippen LogP contribution in [0, 0.1) is 0 Å². The van der Waals surface area contributed by atoms with Crippen LogP contribution in [0.25, 0.3) is 0 Å². The van der Waals surface area contributed by atoms with Crippen LogP contribution in [-0.4, -0.2) is 25.3 Å². The lowest BCUT2D eigenvalue weighted by molar-refractivity contribution is -0.118. The van der Waals surface area contributed by atoms with Gasteiger partial charge in [-0.2, -0.15) is 0 Å². The predicted molar refractivity (Wildman–Crippen MR) is 58.9 cm³/mol. The topological polar surface area (TPSA) is 63.4 Å². The molecule has 0 aliphatic heterocycles. The molecular weight excluding hydrogens is 192 g/mol. The van der Waals surface area contributed by atoms with Gasteiger partial charge in [0.2, 0.25) is 5.91 Å². The first-order valence-electron chi connectivity index (χ1n) is 4.63. The Bertz CT molecular complexity index is 359. The summed E-state index contributed by atoms with van der Waals surface area (Å²) in [6.45, 7) is 1.73. The monoisotopic (exact) mass is 206 g/mol. The van der Waals surface area contributed by atoms with E-state index in [2.05, 4.69) is 0 Å². The molecule has 80 valence electrons. The van der Waals surface area contributed by atoms with Gasteiger partial charge in [-0.25, -0.2) is 0 Å². The molecule has 1 amide bonds. The first-order valence-corrected chi connectivity index (χ1v) is 4.63. The average molecular weight is 206 g/mol. The Morgan fingerprint density at radius 3 is 2.33 bits per heavy atom. The number of aldehydes is 1. The fourth-order valence-electron chi connectivity index (χ4n) is 1.20. The van der Waals surface area contributed by atoms with Crippen LogP contribution in [0.3, 0.4) is 0 Å². The van der Waals surface area contributed by atoms with Crippen LogP contribution in [0.2, 0.25) is 0 Å². The minimum atomic E-state index is -0.378. The Kier molecular flexibility index (Phi) is 3.44. The number of benzene rings is 1. The molecule has 0 aromatic heterocycles. The molecule has 0 aliphatic carbocycles. The maximum atomic E-state index is 11.0. The highest BCUT2D eigenvalue weighted by atomic mass is 16.1. The molecule has 2 N–H and O–H groups in total.